The van der Waals surface area contributed by atoms with Gasteiger partial charge in [-0.2, -0.15) is 4.31 Å². The van der Waals surface area contributed by atoms with Gasteiger partial charge >= 0.3 is 0 Å². The lowest BCUT2D eigenvalue weighted by Gasteiger charge is -2.30. The summed E-state index contributed by atoms with van der Waals surface area (Å²) < 4.78 is 27.3. The second-order valence-corrected chi connectivity index (χ2v) is 10.8. The highest BCUT2D eigenvalue weighted by molar-refractivity contribution is 7.89. The number of nitrogens with one attached hydrogen (secondary N) is 1. The molecule has 0 radical (unpaired) electrons. The van der Waals surface area contributed by atoms with E-state index in [2.05, 4.69) is 17.2 Å². The highest BCUT2D eigenvalue weighted by Crippen LogP contribution is 2.26. The first-order valence-electron chi connectivity index (χ1n) is 10.3. The van der Waals surface area contributed by atoms with Crippen LogP contribution >= 0.6 is 11.3 Å². The Morgan fingerprint density at radius 3 is 2.52 bits per heavy atom. The Morgan fingerprint density at radius 2 is 1.84 bits per heavy atom. The smallest absolute Gasteiger partial charge is 0.257 e. The largest absolute Gasteiger partial charge is 0.298 e. The van der Waals surface area contributed by atoms with Gasteiger partial charge in [0.05, 0.1) is 10.6 Å². The highest BCUT2D eigenvalue weighted by atomic mass is 32.2. The maximum Gasteiger partial charge on any atom is 0.257 e. The van der Waals surface area contributed by atoms with Crippen molar-refractivity contribution < 1.29 is 13.2 Å². The number of benzene rings is 2. The van der Waals surface area contributed by atoms with E-state index < -0.39 is 10.0 Å². The second kappa shape index (κ2) is 8.90. The van der Waals surface area contributed by atoms with Gasteiger partial charge in [-0.15, -0.1) is 11.3 Å². The fraction of sp³-hybridized carbons (Fsp3) is 0.304. The number of hydrogen-bond donors (Lipinski definition) is 1. The van der Waals surface area contributed by atoms with Gasteiger partial charge in [0.15, 0.2) is 5.13 Å². The molecule has 162 valence electrons. The van der Waals surface area contributed by atoms with Crippen LogP contribution in [0.3, 0.4) is 0 Å². The first-order chi connectivity index (χ1) is 14.8. The first kappa shape index (κ1) is 21.7. The Balaban J connectivity index is 1.45. The molecule has 1 N–H and O–H groups in total. The van der Waals surface area contributed by atoms with Crippen LogP contribution in [0.4, 0.5) is 5.13 Å². The lowest BCUT2D eigenvalue weighted by molar-refractivity contribution is 0.102. The summed E-state index contributed by atoms with van der Waals surface area (Å²) in [5.74, 6) is 0.0389. The van der Waals surface area contributed by atoms with E-state index in [0.29, 0.717) is 29.7 Å². The van der Waals surface area contributed by atoms with Gasteiger partial charge in [-0.05, 0) is 49.9 Å². The summed E-state index contributed by atoms with van der Waals surface area (Å²) in [6, 6.07) is 14.1. The van der Waals surface area contributed by atoms with E-state index >= 15 is 0 Å². The minimum absolute atomic E-state index is 0.217. The van der Waals surface area contributed by atoms with E-state index in [-0.39, 0.29) is 10.8 Å². The molecule has 1 aliphatic heterocycles. The van der Waals surface area contributed by atoms with Crippen molar-refractivity contribution >= 4 is 32.4 Å². The summed E-state index contributed by atoms with van der Waals surface area (Å²) in [5.41, 5.74) is 3.35. The molecule has 2 aromatic carbocycles. The summed E-state index contributed by atoms with van der Waals surface area (Å²) in [6.07, 6.45) is 1.92. The predicted octanol–water partition coefficient (Wildman–Crippen LogP) is 4.79. The van der Waals surface area contributed by atoms with E-state index in [1.54, 1.807) is 16.4 Å². The van der Waals surface area contributed by atoms with Crippen LogP contribution in [0.25, 0.3) is 11.3 Å². The Morgan fingerprint density at radius 1 is 1.13 bits per heavy atom. The molecule has 1 saturated heterocycles. The lowest BCUT2D eigenvalue weighted by Crippen LogP contribution is -2.39. The van der Waals surface area contributed by atoms with Gasteiger partial charge in [-0.3, -0.25) is 10.1 Å². The number of piperidine rings is 1. The number of rotatable bonds is 5. The average molecular weight is 456 g/mol. The first-order valence-corrected chi connectivity index (χ1v) is 12.6. The average Bonchev–Trinajstić information content (AvgIpc) is 3.22. The van der Waals surface area contributed by atoms with E-state index in [0.717, 1.165) is 24.1 Å². The maximum absolute atomic E-state index is 12.9. The van der Waals surface area contributed by atoms with Gasteiger partial charge in [0, 0.05) is 29.6 Å². The summed E-state index contributed by atoms with van der Waals surface area (Å²) in [6.45, 7) is 5.18. The number of sulfonamides is 1. The van der Waals surface area contributed by atoms with Crippen molar-refractivity contribution in [3.63, 3.8) is 0 Å². The van der Waals surface area contributed by atoms with Gasteiger partial charge < -0.3 is 0 Å². The van der Waals surface area contributed by atoms with E-state index in [9.17, 15) is 13.2 Å². The van der Waals surface area contributed by atoms with Gasteiger partial charge in [0.25, 0.3) is 5.91 Å². The molecule has 4 rings (SSSR count). The number of aromatic nitrogens is 1. The Bertz CT molecular complexity index is 1170. The summed E-state index contributed by atoms with van der Waals surface area (Å²) in [5, 5.41) is 5.19. The monoisotopic (exact) mass is 455 g/mol. The number of carbonyl (C=O) groups is 1. The van der Waals surface area contributed by atoms with Crippen molar-refractivity contribution in [2.45, 2.75) is 31.6 Å². The third-order valence-corrected chi connectivity index (χ3v) is 8.08. The molecule has 1 aliphatic rings. The third kappa shape index (κ3) is 4.87. The molecule has 0 aliphatic carbocycles. The molecule has 2 heterocycles. The van der Waals surface area contributed by atoms with Crippen molar-refractivity contribution in [2.75, 3.05) is 18.4 Å². The molecule has 8 heteroatoms. The van der Waals surface area contributed by atoms with Crippen molar-refractivity contribution in [1.29, 1.82) is 0 Å². The molecule has 1 fully saturated rings. The van der Waals surface area contributed by atoms with Crippen molar-refractivity contribution in [2.24, 2.45) is 5.92 Å². The fourth-order valence-corrected chi connectivity index (χ4v) is 5.96. The second-order valence-electron chi connectivity index (χ2n) is 7.99. The van der Waals surface area contributed by atoms with Gasteiger partial charge in [-0.25, -0.2) is 13.4 Å². The molecule has 1 aromatic heterocycles. The summed E-state index contributed by atoms with van der Waals surface area (Å²) >= 11 is 1.35. The van der Waals surface area contributed by atoms with Crippen LogP contribution in [0.15, 0.2) is 58.8 Å². The zero-order valence-electron chi connectivity index (χ0n) is 17.5. The number of amides is 1. The summed E-state index contributed by atoms with van der Waals surface area (Å²) in [7, 11) is -3.54. The molecule has 1 atom stereocenters. The number of carbonyl (C=O) groups excluding carboxylic acids is 1. The predicted molar refractivity (Wildman–Crippen MR) is 124 cm³/mol. The van der Waals surface area contributed by atoms with E-state index in [1.807, 2.05) is 36.6 Å². The molecule has 3 aromatic rings. The maximum atomic E-state index is 12.9. The quantitative estimate of drug-likeness (QED) is 0.600. The van der Waals surface area contributed by atoms with Crippen LogP contribution in [0.2, 0.25) is 0 Å². The number of hydrogen-bond acceptors (Lipinski definition) is 5. The normalized spacial score (nSPS) is 17.4. The Labute approximate surface area is 187 Å². The molecule has 1 amide bonds. The standard InChI is InChI=1S/C23H25N3O3S2/c1-16-5-7-18(8-6-16)21-15-30-23(24-21)25-22(27)19-9-11-20(12-10-19)31(28,29)26-13-3-4-17(2)14-26/h5-12,15,17H,3-4,13-14H2,1-2H3,(H,24,25,27)/t17-/m0/s1. The molecule has 31 heavy (non-hydrogen) atoms. The van der Waals surface area contributed by atoms with E-state index in [1.165, 1.54) is 29.0 Å². The number of nitrogens with zero attached hydrogens (tertiary/aromatic N) is 2. The van der Waals surface area contributed by atoms with Crippen LogP contribution in [0.1, 0.15) is 35.7 Å². The lowest BCUT2D eigenvalue weighted by atomic mass is 10.0. The van der Waals surface area contributed by atoms with Crippen molar-refractivity contribution in [1.82, 2.24) is 9.29 Å². The minimum atomic E-state index is -3.54. The molecule has 0 unspecified atom stereocenters. The summed E-state index contributed by atoms with van der Waals surface area (Å²) in [4.78, 5) is 17.3. The highest BCUT2D eigenvalue weighted by Gasteiger charge is 2.28. The molecule has 0 bridgehead atoms. The van der Waals surface area contributed by atoms with Gasteiger partial charge in [0.1, 0.15) is 0 Å². The van der Waals surface area contributed by atoms with E-state index in [4.69, 9.17) is 0 Å². The third-order valence-electron chi connectivity index (χ3n) is 5.45. The Hall–Kier alpha value is -2.55. The SMILES string of the molecule is Cc1ccc(-c2csc(NC(=O)c3ccc(S(=O)(=O)N4CCC[C@H](C)C4)cc3)n2)cc1. The molecule has 0 saturated carbocycles. The fourth-order valence-electron chi connectivity index (χ4n) is 3.65. The zero-order valence-corrected chi connectivity index (χ0v) is 19.2. The van der Waals surface area contributed by atoms with Gasteiger partial charge in [-0.1, -0.05) is 36.8 Å². The topological polar surface area (TPSA) is 79.4 Å². The van der Waals surface area contributed by atoms with Crippen LogP contribution in [0.5, 0.6) is 0 Å². The number of aryl methyl sites for hydroxylation is 1. The molecule has 6 nitrogen and oxygen atoms in total. The van der Waals surface area contributed by atoms with Crippen molar-refractivity contribution in [3.8, 4) is 11.3 Å². The molecular weight excluding hydrogens is 430 g/mol. The van der Waals surface area contributed by atoms with Crippen LogP contribution in [0, 0.1) is 12.8 Å². The van der Waals surface area contributed by atoms with Crippen LogP contribution < -0.4 is 5.32 Å². The molecular formula is C23H25N3O3S2. The van der Waals surface area contributed by atoms with Crippen molar-refractivity contribution in [3.05, 3.63) is 65.0 Å². The zero-order chi connectivity index (χ0) is 22.0. The van der Waals surface area contributed by atoms with Crippen LogP contribution in [-0.4, -0.2) is 36.7 Å². The minimum Gasteiger partial charge on any atom is -0.298 e. The molecule has 0 spiro atoms. The number of anilines is 1. The van der Waals surface area contributed by atoms with Crippen LogP contribution in [-0.2, 0) is 10.0 Å². The Kier molecular flexibility index (Phi) is 6.22. The van der Waals surface area contributed by atoms with Gasteiger partial charge in [0.2, 0.25) is 10.0 Å². The number of thiazole rings is 1.